The largest absolute Gasteiger partial charge is 0.422 e. The van der Waals surface area contributed by atoms with Crippen LogP contribution in [-0.2, 0) is 4.79 Å². The molecule has 0 bridgehead atoms. The van der Waals surface area contributed by atoms with E-state index in [2.05, 4.69) is 20.4 Å². The second-order valence-electron chi connectivity index (χ2n) is 9.06. The van der Waals surface area contributed by atoms with Crippen LogP contribution < -0.4 is 15.1 Å². The predicted octanol–water partition coefficient (Wildman–Crippen LogP) is 4.50. The number of imidazole rings is 1. The number of halogens is 2. The number of amides is 2. The maximum Gasteiger partial charge on any atom is 0.364 e. The van der Waals surface area contributed by atoms with Crippen LogP contribution in [0.2, 0.25) is 5.02 Å². The molecule has 11 heteroatoms. The van der Waals surface area contributed by atoms with Gasteiger partial charge in [0, 0.05) is 6.04 Å². The molecule has 0 unspecified atom stereocenters. The third-order valence-electron chi connectivity index (χ3n) is 6.87. The highest BCUT2D eigenvalue weighted by atomic mass is 35.5. The number of carbonyl (C=O) groups excluding carboxylic acids is 3. The minimum Gasteiger partial charge on any atom is -0.422 e. The van der Waals surface area contributed by atoms with E-state index in [1.165, 1.54) is 23.5 Å². The van der Waals surface area contributed by atoms with Crippen molar-refractivity contribution < 1.29 is 23.5 Å². The molecule has 3 aromatic rings. The van der Waals surface area contributed by atoms with Crippen molar-refractivity contribution in [2.45, 2.75) is 38.6 Å². The Morgan fingerprint density at radius 2 is 1.92 bits per heavy atom. The van der Waals surface area contributed by atoms with Crippen molar-refractivity contribution in [2.75, 3.05) is 5.01 Å². The van der Waals surface area contributed by atoms with Crippen LogP contribution in [-0.4, -0.2) is 39.5 Å². The number of aromatic nitrogens is 2. The summed E-state index contributed by atoms with van der Waals surface area (Å²) in [6, 6.07) is 12.1. The molecule has 1 aliphatic carbocycles. The first-order valence-electron chi connectivity index (χ1n) is 11.8. The van der Waals surface area contributed by atoms with Gasteiger partial charge in [-0.15, -0.1) is 0 Å². The molecule has 1 aromatic heterocycles. The lowest BCUT2D eigenvalue weighted by molar-refractivity contribution is -0.125. The van der Waals surface area contributed by atoms with Crippen molar-refractivity contribution in [1.29, 1.82) is 0 Å². The molecule has 0 saturated heterocycles. The van der Waals surface area contributed by atoms with Gasteiger partial charge < -0.3 is 15.0 Å². The second-order valence-corrected chi connectivity index (χ2v) is 9.46. The SMILES string of the molecule is CC1=NN(c2ccc(F)cc2Cl)C(=O)[C@]12CC[C@H](NC(=O)c1[nH]cnc1C(=O)Oc1ccccc1)CC2. The fourth-order valence-corrected chi connectivity index (χ4v) is 5.07. The molecule has 1 spiro atoms. The van der Waals surface area contributed by atoms with Gasteiger partial charge in [-0.25, -0.2) is 14.2 Å². The number of rotatable bonds is 5. The minimum atomic E-state index is -0.808. The summed E-state index contributed by atoms with van der Waals surface area (Å²) in [4.78, 5) is 45.6. The Morgan fingerprint density at radius 3 is 2.62 bits per heavy atom. The van der Waals surface area contributed by atoms with E-state index in [4.69, 9.17) is 16.3 Å². The number of hydrogen-bond donors (Lipinski definition) is 2. The van der Waals surface area contributed by atoms with Gasteiger partial charge >= 0.3 is 5.97 Å². The number of hydrogen-bond acceptors (Lipinski definition) is 6. The quantitative estimate of drug-likeness (QED) is 0.377. The van der Waals surface area contributed by atoms with Gasteiger partial charge in [-0.1, -0.05) is 29.8 Å². The molecule has 2 aliphatic rings. The average Bonchev–Trinajstić information content (AvgIpc) is 3.46. The molecule has 2 N–H and O–H groups in total. The van der Waals surface area contributed by atoms with Gasteiger partial charge in [-0.3, -0.25) is 9.59 Å². The van der Waals surface area contributed by atoms with Crippen LogP contribution in [0.4, 0.5) is 10.1 Å². The Kier molecular flexibility index (Phi) is 6.51. The van der Waals surface area contributed by atoms with E-state index < -0.39 is 23.1 Å². The Balaban J connectivity index is 1.23. The molecule has 9 nitrogen and oxygen atoms in total. The van der Waals surface area contributed by atoms with Crippen LogP contribution in [0.1, 0.15) is 53.6 Å². The fraction of sp³-hybridized carbons (Fsp3) is 0.269. The summed E-state index contributed by atoms with van der Waals surface area (Å²) in [6.45, 7) is 1.80. The first-order chi connectivity index (χ1) is 17.8. The van der Waals surface area contributed by atoms with E-state index in [-0.39, 0.29) is 28.4 Å². The highest BCUT2D eigenvalue weighted by molar-refractivity contribution is 6.34. The van der Waals surface area contributed by atoms with Crippen molar-refractivity contribution >= 4 is 40.8 Å². The average molecular weight is 524 g/mol. The zero-order chi connectivity index (χ0) is 26.2. The van der Waals surface area contributed by atoms with Crippen molar-refractivity contribution in [3.63, 3.8) is 0 Å². The zero-order valence-electron chi connectivity index (χ0n) is 19.8. The van der Waals surface area contributed by atoms with Crippen molar-refractivity contribution in [3.8, 4) is 5.75 Å². The topological polar surface area (TPSA) is 117 Å². The van der Waals surface area contributed by atoms with Crippen LogP contribution in [0.5, 0.6) is 5.75 Å². The molecule has 1 fully saturated rings. The summed E-state index contributed by atoms with van der Waals surface area (Å²) in [5.41, 5.74) is 0.0656. The molecule has 0 radical (unpaired) electrons. The summed E-state index contributed by atoms with van der Waals surface area (Å²) in [7, 11) is 0. The molecule has 2 amide bonds. The van der Waals surface area contributed by atoms with E-state index >= 15 is 0 Å². The number of nitrogens with zero attached hydrogens (tertiary/aromatic N) is 3. The van der Waals surface area contributed by atoms with Gasteiger partial charge in [-0.2, -0.15) is 10.1 Å². The minimum absolute atomic E-state index is 0.00744. The first kappa shape index (κ1) is 24.6. The van der Waals surface area contributed by atoms with E-state index in [0.29, 0.717) is 42.8 Å². The number of hydrazone groups is 1. The van der Waals surface area contributed by atoms with Crippen molar-refractivity contribution in [2.24, 2.45) is 10.5 Å². The van der Waals surface area contributed by atoms with Gasteiger partial charge in [0.25, 0.3) is 11.8 Å². The van der Waals surface area contributed by atoms with Crippen LogP contribution in [0, 0.1) is 11.2 Å². The third kappa shape index (κ3) is 4.60. The highest BCUT2D eigenvalue weighted by Crippen LogP contribution is 2.45. The molecular formula is C26H23ClFN5O4. The number of nitrogens with one attached hydrogen (secondary N) is 2. The molecular weight excluding hydrogens is 501 g/mol. The van der Waals surface area contributed by atoms with E-state index in [1.807, 2.05) is 0 Å². The lowest BCUT2D eigenvalue weighted by Gasteiger charge is -2.36. The maximum atomic E-state index is 13.5. The smallest absolute Gasteiger partial charge is 0.364 e. The van der Waals surface area contributed by atoms with Crippen molar-refractivity contribution in [3.05, 3.63) is 77.1 Å². The number of anilines is 1. The Hall–Kier alpha value is -4.05. The number of para-hydroxylation sites is 1. The number of ether oxygens (including phenoxy) is 1. The summed E-state index contributed by atoms with van der Waals surface area (Å²) < 4.78 is 18.8. The van der Waals surface area contributed by atoms with Crippen LogP contribution >= 0.6 is 11.6 Å². The molecule has 190 valence electrons. The molecule has 1 aliphatic heterocycles. The third-order valence-corrected chi connectivity index (χ3v) is 7.17. The Labute approximate surface area is 216 Å². The molecule has 1 saturated carbocycles. The van der Waals surface area contributed by atoms with Gasteiger partial charge in [0.05, 0.1) is 28.2 Å². The Morgan fingerprint density at radius 1 is 1.19 bits per heavy atom. The number of esters is 1. The monoisotopic (exact) mass is 523 g/mol. The fourth-order valence-electron chi connectivity index (χ4n) is 4.82. The normalized spacial score (nSPS) is 21.2. The van der Waals surface area contributed by atoms with Gasteiger partial charge in [0.1, 0.15) is 17.3 Å². The van der Waals surface area contributed by atoms with E-state index in [1.54, 1.807) is 37.3 Å². The molecule has 5 rings (SSSR count). The van der Waals surface area contributed by atoms with Crippen molar-refractivity contribution in [1.82, 2.24) is 15.3 Å². The molecule has 2 heterocycles. The predicted molar refractivity (Wildman–Crippen MR) is 134 cm³/mol. The summed E-state index contributed by atoms with van der Waals surface area (Å²) in [5.74, 6) is -1.61. The lowest BCUT2D eigenvalue weighted by Crippen LogP contribution is -2.47. The van der Waals surface area contributed by atoms with Gasteiger partial charge in [-0.05, 0) is 62.9 Å². The number of benzene rings is 2. The van der Waals surface area contributed by atoms with E-state index in [9.17, 15) is 18.8 Å². The van der Waals surface area contributed by atoms with Crippen LogP contribution in [0.15, 0.2) is 60.0 Å². The van der Waals surface area contributed by atoms with Crippen LogP contribution in [0.3, 0.4) is 0 Å². The highest BCUT2D eigenvalue weighted by Gasteiger charge is 2.51. The summed E-state index contributed by atoms with van der Waals surface area (Å²) in [5, 5.41) is 8.71. The van der Waals surface area contributed by atoms with Crippen LogP contribution in [0.25, 0.3) is 0 Å². The number of aromatic amines is 1. The molecule has 2 aromatic carbocycles. The molecule has 0 atom stereocenters. The number of H-pyrrole nitrogens is 1. The maximum absolute atomic E-state index is 13.5. The second kappa shape index (κ2) is 9.78. The molecule has 37 heavy (non-hydrogen) atoms. The summed E-state index contributed by atoms with van der Waals surface area (Å²) >= 11 is 6.17. The standard InChI is InChI=1S/C26H23ClFN5O4/c1-15-26(25(36)33(32-15)20-8-7-16(28)13-19(20)27)11-9-17(10-12-26)31-23(34)21-22(30-14-29-21)24(35)37-18-5-3-2-4-6-18/h2-8,13-14,17H,9-12H2,1H3,(H,29,30)(H,31,34)/t17-,26-. The number of carbonyl (C=O) groups is 3. The Bertz CT molecular complexity index is 1400. The van der Waals surface area contributed by atoms with E-state index in [0.717, 1.165) is 6.07 Å². The van der Waals surface area contributed by atoms with Gasteiger partial charge in [0.2, 0.25) is 0 Å². The van der Waals surface area contributed by atoms with Gasteiger partial charge in [0.15, 0.2) is 5.69 Å². The first-order valence-corrected chi connectivity index (χ1v) is 12.1. The zero-order valence-corrected chi connectivity index (χ0v) is 20.6. The lowest BCUT2D eigenvalue weighted by atomic mass is 9.69. The summed E-state index contributed by atoms with van der Waals surface area (Å²) in [6.07, 6.45) is 3.24.